The molecule has 35 heavy (non-hydrogen) atoms. The van der Waals surface area contributed by atoms with Gasteiger partial charge in [0.25, 0.3) is 5.91 Å². The Morgan fingerprint density at radius 3 is 2.77 bits per heavy atom. The Kier molecular flexibility index (Phi) is 6.92. The molecule has 0 saturated carbocycles. The Bertz CT molecular complexity index is 1190. The van der Waals surface area contributed by atoms with E-state index in [4.69, 9.17) is 9.47 Å². The van der Waals surface area contributed by atoms with Crippen molar-refractivity contribution in [2.75, 3.05) is 32.8 Å². The summed E-state index contributed by atoms with van der Waals surface area (Å²) in [4.78, 5) is 21.1. The van der Waals surface area contributed by atoms with Gasteiger partial charge in [-0.05, 0) is 41.8 Å². The molecule has 2 aliphatic rings. The highest BCUT2D eigenvalue weighted by Gasteiger charge is 2.27. The van der Waals surface area contributed by atoms with E-state index in [9.17, 15) is 14.3 Å². The van der Waals surface area contributed by atoms with Crippen LogP contribution in [0.1, 0.15) is 27.2 Å². The van der Waals surface area contributed by atoms with E-state index in [0.717, 1.165) is 25.7 Å². The molecule has 0 saturated heterocycles. The number of benzene rings is 2. The molecule has 7 nitrogen and oxygen atoms in total. The van der Waals surface area contributed by atoms with Crippen LogP contribution in [0.4, 0.5) is 4.39 Å². The van der Waals surface area contributed by atoms with Gasteiger partial charge in [0.2, 0.25) is 0 Å². The summed E-state index contributed by atoms with van der Waals surface area (Å²) in [6.07, 6.45) is 1.45. The zero-order valence-electron chi connectivity index (χ0n) is 19.4. The number of carbonyl (C=O) groups excluding carboxylic acids is 1. The maximum absolute atomic E-state index is 13.2. The third-order valence-electron chi connectivity index (χ3n) is 6.37. The number of aliphatic hydroxyl groups excluding tert-OH is 1. The van der Waals surface area contributed by atoms with Crippen molar-refractivity contribution in [1.82, 2.24) is 14.8 Å². The van der Waals surface area contributed by atoms with E-state index in [0.29, 0.717) is 42.5 Å². The Labute approximate surface area is 203 Å². The zero-order chi connectivity index (χ0) is 24.2. The molecule has 1 amide bonds. The maximum atomic E-state index is 13.2. The molecule has 3 heterocycles. The first-order valence-corrected chi connectivity index (χ1v) is 11.8. The van der Waals surface area contributed by atoms with Gasteiger partial charge in [-0.25, -0.2) is 4.39 Å². The first-order chi connectivity index (χ1) is 17.0. The molecule has 8 heteroatoms. The number of rotatable bonds is 7. The summed E-state index contributed by atoms with van der Waals surface area (Å²) in [5.74, 6) is 0.402. The predicted octanol–water partition coefficient (Wildman–Crippen LogP) is 3.05. The highest BCUT2D eigenvalue weighted by Crippen LogP contribution is 2.29. The van der Waals surface area contributed by atoms with Gasteiger partial charge < -0.3 is 19.5 Å². The normalized spacial score (nSPS) is 16.6. The topological polar surface area (TPSA) is 75.1 Å². The highest BCUT2D eigenvalue weighted by molar-refractivity contribution is 5.97. The van der Waals surface area contributed by atoms with Crippen LogP contribution in [0.15, 0.2) is 60.8 Å². The van der Waals surface area contributed by atoms with Crippen molar-refractivity contribution in [2.45, 2.75) is 25.7 Å². The van der Waals surface area contributed by atoms with E-state index in [-0.39, 0.29) is 19.1 Å². The third kappa shape index (κ3) is 5.61. The zero-order valence-corrected chi connectivity index (χ0v) is 19.4. The third-order valence-corrected chi connectivity index (χ3v) is 6.37. The van der Waals surface area contributed by atoms with Gasteiger partial charge >= 0.3 is 0 Å². The van der Waals surface area contributed by atoms with Crippen LogP contribution in [0, 0.1) is 5.82 Å². The van der Waals surface area contributed by atoms with E-state index < -0.39 is 11.9 Å². The van der Waals surface area contributed by atoms with Crippen molar-refractivity contribution in [3.8, 4) is 11.5 Å². The molecule has 0 spiro atoms. The number of nitrogens with zero attached hydrogens (tertiary/aromatic N) is 3. The maximum Gasteiger partial charge on any atom is 0.257 e. The Morgan fingerprint density at radius 1 is 1.09 bits per heavy atom. The van der Waals surface area contributed by atoms with Gasteiger partial charge in [-0.3, -0.25) is 14.7 Å². The number of pyridine rings is 1. The smallest absolute Gasteiger partial charge is 0.257 e. The van der Waals surface area contributed by atoms with Gasteiger partial charge in [-0.1, -0.05) is 24.3 Å². The van der Waals surface area contributed by atoms with Crippen molar-refractivity contribution in [3.05, 3.63) is 89.0 Å². The van der Waals surface area contributed by atoms with E-state index in [1.807, 2.05) is 6.07 Å². The molecule has 0 fully saturated rings. The lowest BCUT2D eigenvalue weighted by atomic mass is 10.00. The van der Waals surface area contributed by atoms with Crippen molar-refractivity contribution < 1.29 is 23.8 Å². The number of hydrogen-bond acceptors (Lipinski definition) is 6. The van der Waals surface area contributed by atoms with Gasteiger partial charge in [0.05, 0.1) is 30.1 Å². The number of ether oxygens (including phenoxy) is 2. The fraction of sp³-hybridized carbons (Fsp3) is 0.333. The molecule has 1 aromatic heterocycles. The summed E-state index contributed by atoms with van der Waals surface area (Å²) in [5.41, 5.74) is 3.70. The van der Waals surface area contributed by atoms with Crippen LogP contribution in [0.3, 0.4) is 0 Å². The molecule has 0 unspecified atom stereocenters. The van der Waals surface area contributed by atoms with Crippen LogP contribution < -0.4 is 9.47 Å². The van der Waals surface area contributed by atoms with Crippen molar-refractivity contribution in [2.24, 2.45) is 0 Å². The molecule has 1 N–H and O–H groups in total. The quantitative estimate of drug-likeness (QED) is 0.564. The summed E-state index contributed by atoms with van der Waals surface area (Å²) >= 11 is 0. The molecule has 2 aromatic carbocycles. The fourth-order valence-electron chi connectivity index (χ4n) is 4.57. The first kappa shape index (κ1) is 23.3. The Balaban J connectivity index is 1.18. The molecule has 0 bridgehead atoms. The van der Waals surface area contributed by atoms with E-state index in [1.165, 1.54) is 17.2 Å². The van der Waals surface area contributed by atoms with Crippen LogP contribution in [-0.4, -0.2) is 64.7 Å². The number of carbonyl (C=O) groups is 1. The average molecular weight is 478 g/mol. The van der Waals surface area contributed by atoms with Gasteiger partial charge in [0, 0.05) is 32.2 Å². The lowest BCUT2D eigenvalue weighted by Crippen LogP contribution is -2.44. The second-order valence-electron chi connectivity index (χ2n) is 8.92. The van der Waals surface area contributed by atoms with Gasteiger partial charge in [-0.2, -0.15) is 0 Å². The minimum absolute atomic E-state index is 0.173. The molecular weight excluding hydrogens is 449 g/mol. The van der Waals surface area contributed by atoms with Crippen LogP contribution in [0.5, 0.6) is 11.5 Å². The fourth-order valence-corrected chi connectivity index (χ4v) is 4.57. The van der Waals surface area contributed by atoms with Gasteiger partial charge in [0.15, 0.2) is 0 Å². The van der Waals surface area contributed by atoms with Crippen LogP contribution in [-0.2, 0) is 19.6 Å². The molecule has 5 rings (SSSR count). The van der Waals surface area contributed by atoms with E-state index in [1.54, 1.807) is 29.2 Å². The standard InChI is InChI=1S/C27H28FN3O4/c28-21-5-6-22(29-14-21)18-35-24-7-8-25-26(13-24)34-12-11-31(27(25)33)17-23(32)16-30-10-9-19-3-1-2-4-20(19)15-30/h1-8,13-14,23,32H,9-12,15-18H2/t23-/m1/s1. The average Bonchev–Trinajstić information content (AvgIpc) is 3.02. The van der Waals surface area contributed by atoms with E-state index >= 15 is 0 Å². The number of aromatic nitrogens is 1. The molecule has 3 aromatic rings. The molecular formula is C27H28FN3O4. The number of aliphatic hydroxyl groups is 1. The second-order valence-corrected chi connectivity index (χ2v) is 8.92. The highest BCUT2D eigenvalue weighted by atomic mass is 19.1. The molecule has 0 radical (unpaired) electrons. The summed E-state index contributed by atoms with van der Waals surface area (Å²) < 4.78 is 24.6. The number of fused-ring (bicyclic) bond motifs is 2. The second kappa shape index (κ2) is 10.4. The summed E-state index contributed by atoms with van der Waals surface area (Å²) in [7, 11) is 0. The number of amides is 1. The molecule has 2 aliphatic heterocycles. The largest absolute Gasteiger partial charge is 0.491 e. The Hall–Kier alpha value is -3.49. The van der Waals surface area contributed by atoms with E-state index in [2.05, 4.69) is 28.1 Å². The lowest BCUT2D eigenvalue weighted by molar-refractivity contribution is 0.0501. The lowest BCUT2D eigenvalue weighted by Gasteiger charge is -2.32. The SMILES string of the molecule is O=C1c2ccc(OCc3ccc(F)cn3)cc2OCCN1C[C@H](O)CN1CCc2ccccc2C1. The Morgan fingerprint density at radius 2 is 1.94 bits per heavy atom. The predicted molar refractivity (Wildman–Crippen MR) is 128 cm³/mol. The number of hydrogen-bond donors (Lipinski definition) is 1. The molecule has 0 aliphatic carbocycles. The van der Waals surface area contributed by atoms with Gasteiger partial charge in [0.1, 0.15) is 30.5 Å². The monoisotopic (exact) mass is 477 g/mol. The number of β-amino-alcohol motifs (C(OH)–C–C–N with tert-alkyl or cyclic N) is 1. The summed E-state index contributed by atoms with van der Waals surface area (Å²) in [6, 6.07) is 16.4. The van der Waals surface area contributed by atoms with Crippen molar-refractivity contribution in [3.63, 3.8) is 0 Å². The van der Waals surface area contributed by atoms with Crippen molar-refractivity contribution in [1.29, 1.82) is 0 Å². The minimum Gasteiger partial charge on any atom is -0.491 e. The minimum atomic E-state index is -0.656. The molecule has 1 atom stereocenters. The first-order valence-electron chi connectivity index (χ1n) is 11.8. The van der Waals surface area contributed by atoms with Crippen molar-refractivity contribution >= 4 is 5.91 Å². The summed E-state index contributed by atoms with van der Waals surface area (Å²) in [5, 5.41) is 10.8. The molecule has 182 valence electrons. The van der Waals surface area contributed by atoms with Gasteiger partial charge in [-0.15, -0.1) is 0 Å². The summed E-state index contributed by atoms with van der Waals surface area (Å²) in [6.45, 7) is 3.35. The van der Waals surface area contributed by atoms with Crippen LogP contribution in [0.2, 0.25) is 0 Å². The van der Waals surface area contributed by atoms with Crippen LogP contribution in [0.25, 0.3) is 0 Å². The number of halogens is 1. The van der Waals surface area contributed by atoms with Crippen LogP contribution >= 0.6 is 0 Å².